The van der Waals surface area contributed by atoms with E-state index in [2.05, 4.69) is 64.8 Å². The predicted octanol–water partition coefficient (Wildman–Crippen LogP) is 14.2. The molecule has 0 bridgehead atoms. The molecule has 64 heavy (non-hydrogen) atoms. The van der Waals surface area contributed by atoms with Gasteiger partial charge < -0.3 is 25.0 Å². The van der Waals surface area contributed by atoms with Gasteiger partial charge in [0.15, 0.2) is 0 Å². The molecule has 0 aliphatic carbocycles. The number of hydrogen-bond donors (Lipinski definition) is 1. The minimum atomic E-state index is -4.37. The molecule has 11 nitrogen and oxygen atoms in total. The zero-order valence-electron chi connectivity index (χ0n) is 33.8. The second-order valence-electron chi connectivity index (χ2n) is 13.8. The van der Waals surface area contributed by atoms with Gasteiger partial charge in [-0.25, -0.2) is 0 Å². The van der Waals surface area contributed by atoms with E-state index in [0.29, 0.717) is 34.1 Å². The number of alkyl halides is 6. The third-order valence-corrected chi connectivity index (χ3v) is 9.33. The van der Waals surface area contributed by atoms with Crippen LogP contribution >= 0.6 is 0 Å². The van der Waals surface area contributed by atoms with Crippen LogP contribution in [0.25, 0.3) is 0 Å². The highest BCUT2D eigenvalue weighted by Crippen LogP contribution is 2.32. The predicted molar refractivity (Wildman–Crippen MR) is 238 cm³/mol. The van der Waals surface area contributed by atoms with Crippen LogP contribution in [0.2, 0.25) is 0 Å². The molecule has 2 N–H and O–H groups in total. The monoisotopic (exact) mass is 883 g/mol. The first-order chi connectivity index (χ1) is 30.4. The summed E-state index contributed by atoms with van der Waals surface area (Å²) in [5, 5.41) is 24.2. The topological polar surface area (TPSA) is 125 Å². The highest BCUT2D eigenvalue weighted by atomic mass is 19.4. The standard InChI is InChI=1S/C23H20F3N5O.C13H10F3N3.C10H13NO.CH4/c24-23(25,26)17-1-3-18(4-2-17)27-28-19-5-7-20(8-6-19)29-30-21-9-11-22(12-10-21)31-13-15-32-16-14-31;14-13(15,16)9-1-5-11(6-2-9)18-19-12-7-3-10(17)4-8-12;1-2-4-10(5-3-1)11-6-8-12-9-7-11;/h1-12H,13-16H2;1-8H,17H2;1-5H,6-9H2;1H4. The molecule has 0 atom stereocenters. The third-order valence-electron chi connectivity index (χ3n) is 9.33. The second kappa shape index (κ2) is 23.5. The van der Waals surface area contributed by atoms with Gasteiger partial charge in [0, 0.05) is 43.2 Å². The van der Waals surface area contributed by atoms with Gasteiger partial charge in [0.1, 0.15) is 0 Å². The van der Waals surface area contributed by atoms with Crippen molar-refractivity contribution >= 4 is 51.2 Å². The van der Waals surface area contributed by atoms with Crippen LogP contribution in [-0.2, 0) is 21.8 Å². The second-order valence-corrected chi connectivity index (χ2v) is 13.8. The summed E-state index contributed by atoms with van der Waals surface area (Å²) in [4.78, 5) is 4.62. The van der Waals surface area contributed by atoms with Gasteiger partial charge in [-0.3, -0.25) is 0 Å². The van der Waals surface area contributed by atoms with Crippen molar-refractivity contribution in [1.82, 2.24) is 0 Å². The molecule has 0 radical (unpaired) electrons. The Balaban J connectivity index is 0.000000203. The summed E-state index contributed by atoms with van der Waals surface area (Å²) in [7, 11) is 0. The van der Waals surface area contributed by atoms with Crippen LogP contribution in [0.3, 0.4) is 0 Å². The largest absolute Gasteiger partial charge is 0.416 e. The number of azo groups is 3. The van der Waals surface area contributed by atoms with E-state index in [0.717, 1.165) is 88.2 Å². The molecular weight excluding hydrogens is 837 g/mol. The van der Waals surface area contributed by atoms with E-state index in [9.17, 15) is 26.3 Å². The van der Waals surface area contributed by atoms with E-state index in [1.165, 1.54) is 30.0 Å². The number of halogens is 6. The number of nitrogens with two attached hydrogens (primary N) is 1. The fourth-order valence-corrected chi connectivity index (χ4v) is 5.92. The van der Waals surface area contributed by atoms with Crippen molar-refractivity contribution < 1.29 is 35.8 Å². The zero-order chi connectivity index (χ0) is 44.5. The lowest BCUT2D eigenvalue weighted by Gasteiger charge is -2.28. The fourth-order valence-electron chi connectivity index (χ4n) is 5.92. The molecule has 8 rings (SSSR count). The lowest BCUT2D eigenvalue weighted by molar-refractivity contribution is -0.138. The average molecular weight is 884 g/mol. The number of nitrogens with zero attached hydrogens (tertiary/aromatic N) is 8. The molecule has 0 saturated carbocycles. The molecule has 6 aromatic carbocycles. The highest BCUT2D eigenvalue weighted by molar-refractivity contribution is 5.54. The van der Waals surface area contributed by atoms with Gasteiger partial charge in [-0.1, -0.05) is 25.6 Å². The van der Waals surface area contributed by atoms with Crippen molar-refractivity contribution in [2.45, 2.75) is 19.8 Å². The molecule has 0 aromatic heterocycles. The summed E-state index contributed by atoms with van der Waals surface area (Å²) in [6.07, 6.45) is -8.71. The molecule has 0 spiro atoms. The Kier molecular flexibility index (Phi) is 17.6. The number of morpholine rings is 2. The summed E-state index contributed by atoms with van der Waals surface area (Å²) in [5.41, 5.74) is 10.3. The van der Waals surface area contributed by atoms with Crippen LogP contribution in [0.5, 0.6) is 0 Å². The molecule has 0 amide bonds. The molecule has 6 aromatic rings. The van der Waals surface area contributed by atoms with Gasteiger partial charge >= 0.3 is 12.4 Å². The van der Waals surface area contributed by atoms with Crippen LogP contribution in [0.1, 0.15) is 18.6 Å². The number of benzene rings is 6. The Bertz CT molecular complexity index is 2370. The van der Waals surface area contributed by atoms with Crippen molar-refractivity contribution in [3.05, 3.63) is 163 Å². The maximum atomic E-state index is 12.6. The SMILES string of the molecule is C.FC(F)(F)c1ccc(N=Nc2ccc(N=Nc3ccc(N4CCOCC4)cc3)cc2)cc1.Nc1ccc(N=Nc2ccc(C(F)(F)F)cc2)cc1.c1ccc(N2CCOCC2)cc1. The summed E-state index contributed by atoms with van der Waals surface area (Å²) < 4.78 is 85.5. The maximum absolute atomic E-state index is 12.6. The van der Waals surface area contributed by atoms with E-state index in [1.807, 2.05) is 30.3 Å². The van der Waals surface area contributed by atoms with E-state index in [-0.39, 0.29) is 7.43 Å². The zero-order valence-corrected chi connectivity index (χ0v) is 33.8. The van der Waals surface area contributed by atoms with E-state index < -0.39 is 23.5 Å². The normalized spacial score (nSPS) is 14.4. The van der Waals surface area contributed by atoms with Crippen molar-refractivity contribution in [3.63, 3.8) is 0 Å². The first-order valence-corrected chi connectivity index (χ1v) is 19.7. The average Bonchev–Trinajstić information content (AvgIpc) is 3.31. The van der Waals surface area contributed by atoms with Crippen LogP contribution in [0, 0.1) is 0 Å². The minimum absolute atomic E-state index is 0. The molecular formula is C47H47F6N9O2. The molecule has 2 saturated heterocycles. The summed E-state index contributed by atoms with van der Waals surface area (Å²) in [6, 6.07) is 40.9. The van der Waals surface area contributed by atoms with Crippen LogP contribution in [0.15, 0.2) is 182 Å². The number of hydrogen-bond acceptors (Lipinski definition) is 11. The van der Waals surface area contributed by atoms with Gasteiger partial charge in [-0.05, 0) is 133 Å². The van der Waals surface area contributed by atoms with Gasteiger partial charge in [0.2, 0.25) is 0 Å². The number of nitrogen functional groups attached to an aromatic ring is 1. The minimum Gasteiger partial charge on any atom is -0.399 e. The van der Waals surface area contributed by atoms with Gasteiger partial charge in [-0.15, -0.1) is 0 Å². The molecule has 334 valence electrons. The molecule has 2 heterocycles. The third kappa shape index (κ3) is 15.4. The smallest absolute Gasteiger partial charge is 0.399 e. The summed E-state index contributed by atoms with van der Waals surface area (Å²) in [5.74, 6) is 0. The lowest BCUT2D eigenvalue weighted by atomic mass is 10.2. The van der Waals surface area contributed by atoms with Crippen LogP contribution < -0.4 is 15.5 Å². The van der Waals surface area contributed by atoms with Crippen molar-refractivity contribution in [2.75, 3.05) is 68.1 Å². The molecule has 2 fully saturated rings. The Morgan fingerprint density at radius 1 is 0.375 bits per heavy atom. The van der Waals surface area contributed by atoms with Crippen LogP contribution in [0.4, 0.5) is 77.5 Å². The summed E-state index contributed by atoms with van der Waals surface area (Å²) >= 11 is 0. The molecule has 2 aliphatic rings. The quantitative estimate of drug-likeness (QED) is 0.0926. The van der Waals surface area contributed by atoms with Gasteiger partial charge in [0.05, 0.1) is 71.7 Å². The van der Waals surface area contributed by atoms with Gasteiger partial charge in [0.25, 0.3) is 0 Å². The van der Waals surface area contributed by atoms with Crippen molar-refractivity contribution in [1.29, 1.82) is 0 Å². The van der Waals surface area contributed by atoms with Crippen LogP contribution in [-0.4, -0.2) is 52.6 Å². The first-order valence-electron chi connectivity index (χ1n) is 19.7. The van der Waals surface area contributed by atoms with Crippen molar-refractivity contribution in [2.24, 2.45) is 30.7 Å². The van der Waals surface area contributed by atoms with E-state index in [1.54, 1.807) is 48.5 Å². The number of rotatable bonds is 8. The van der Waals surface area contributed by atoms with E-state index >= 15 is 0 Å². The highest BCUT2D eigenvalue weighted by Gasteiger charge is 2.30. The first kappa shape index (κ1) is 48.1. The summed E-state index contributed by atoms with van der Waals surface area (Å²) in [6.45, 7) is 6.98. The molecule has 2 aliphatic heterocycles. The Labute approximate surface area is 367 Å². The Morgan fingerprint density at radius 2 is 0.641 bits per heavy atom. The Morgan fingerprint density at radius 3 is 0.953 bits per heavy atom. The van der Waals surface area contributed by atoms with Crippen molar-refractivity contribution in [3.8, 4) is 0 Å². The number of anilines is 3. The lowest BCUT2D eigenvalue weighted by Crippen LogP contribution is -2.36. The van der Waals surface area contributed by atoms with E-state index in [4.69, 9.17) is 15.2 Å². The Hall–Kier alpha value is -6.98. The maximum Gasteiger partial charge on any atom is 0.416 e. The number of ether oxygens (including phenoxy) is 2. The molecule has 0 unspecified atom stereocenters. The number of para-hydroxylation sites is 1. The van der Waals surface area contributed by atoms with Gasteiger partial charge in [-0.2, -0.15) is 57.0 Å². The fraction of sp³-hybridized carbons (Fsp3) is 0.234. The molecule has 17 heteroatoms.